The SMILES string of the molecule is CC(C)NC(=O)Nc1ccc(N2CCN(c3cccc(Cl)c3)CC2)nn1. The Labute approximate surface area is 158 Å². The third-order valence-electron chi connectivity index (χ3n) is 4.09. The van der Waals surface area contributed by atoms with E-state index in [1.807, 2.05) is 38.1 Å². The fraction of sp³-hybridized carbons (Fsp3) is 0.389. The van der Waals surface area contributed by atoms with Crippen LogP contribution in [0.3, 0.4) is 0 Å². The summed E-state index contributed by atoms with van der Waals surface area (Å²) in [5.41, 5.74) is 1.14. The molecule has 0 bridgehead atoms. The minimum atomic E-state index is -0.280. The Morgan fingerprint density at radius 1 is 1.08 bits per heavy atom. The second kappa shape index (κ2) is 8.23. The van der Waals surface area contributed by atoms with Crippen molar-refractivity contribution in [2.45, 2.75) is 19.9 Å². The second-order valence-electron chi connectivity index (χ2n) is 6.48. The summed E-state index contributed by atoms with van der Waals surface area (Å²) in [5.74, 6) is 1.25. The second-order valence-corrected chi connectivity index (χ2v) is 6.92. The van der Waals surface area contributed by atoms with E-state index in [-0.39, 0.29) is 12.1 Å². The molecule has 3 rings (SSSR count). The summed E-state index contributed by atoms with van der Waals surface area (Å²) < 4.78 is 0. The maximum absolute atomic E-state index is 11.7. The third-order valence-corrected chi connectivity index (χ3v) is 4.32. The van der Waals surface area contributed by atoms with Crippen LogP contribution in [-0.2, 0) is 0 Å². The Kier molecular flexibility index (Phi) is 5.78. The molecule has 1 aromatic carbocycles. The Morgan fingerprint density at radius 2 is 1.81 bits per heavy atom. The van der Waals surface area contributed by atoms with Crippen LogP contribution in [0.4, 0.5) is 22.1 Å². The van der Waals surface area contributed by atoms with Crippen LogP contribution in [0.2, 0.25) is 5.02 Å². The fourth-order valence-corrected chi connectivity index (χ4v) is 3.03. The zero-order valence-electron chi connectivity index (χ0n) is 14.9. The zero-order valence-corrected chi connectivity index (χ0v) is 15.7. The largest absolute Gasteiger partial charge is 0.368 e. The van der Waals surface area contributed by atoms with Crippen LogP contribution in [0, 0.1) is 0 Å². The lowest BCUT2D eigenvalue weighted by Gasteiger charge is -2.36. The van der Waals surface area contributed by atoms with Gasteiger partial charge in [-0.05, 0) is 44.2 Å². The van der Waals surface area contributed by atoms with Crippen LogP contribution < -0.4 is 20.4 Å². The number of rotatable bonds is 4. The maximum atomic E-state index is 11.7. The number of aromatic nitrogens is 2. The van der Waals surface area contributed by atoms with Crippen molar-refractivity contribution in [3.05, 3.63) is 41.4 Å². The highest BCUT2D eigenvalue weighted by molar-refractivity contribution is 6.30. The summed E-state index contributed by atoms with van der Waals surface area (Å²) in [6, 6.07) is 11.3. The van der Waals surface area contributed by atoms with Crippen molar-refractivity contribution in [3.63, 3.8) is 0 Å². The van der Waals surface area contributed by atoms with Crippen LogP contribution in [0.15, 0.2) is 36.4 Å². The van der Waals surface area contributed by atoms with Crippen LogP contribution in [0.1, 0.15) is 13.8 Å². The van der Waals surface area contributed by atoms with Gasteiger partial charge in [0.2, 0.25) is 0 Å². The Bertz CT molecular complexity index is 744. The molecule has 2 amide bonds. The van der Waals surface area contributed by atoms with E-state index in [4.69, 9.17) is 11.6 Å². The van der Waals surface area contributed by atoms with Crippen LogP contribution in [-0.4, -0.2) is 48.4 Å². The van der Waals surface area contributed by atoms with Crippen LogP contribution in [0.25, 0.3) is 0 Å². The lowest BCUT2D eigenvalue weighted by Crippen LogP contribution is -2.46. The first kappa shape index (κ1) is 18.3. The van der Waals surface area contributed by atoms with Gasteiger partial charge in [0.15, 0.2) is 11.6 Å². The van der Waals surface area contributed by atoms with Gasteiger partial charge in [-0.2, -0.15) is 0 Å². The molecular formula is C18H23ClN6O. The van der Waals surface area contributed by atoms with Crippen molar-refractivity contribution in [1.29, 1.82) is 0 Å². The van der Waals surface area contributed by atoms with Gasteiger partial charge >= 0.3 is 6.03 Å². The number of carbonyl (C=O) groups is 1. The normalized spacial score (nSPS) is 14.5. The monoisotopic (exact) mass is 374 g/mol. The van der Waals surface area contributed by atoms with Gasteiger partial charge in [-0.25, -0.2) is 4.79 Å². The first-order chi connectivity index (χ1) is 12.5. The Balaban J connectivity index is 1.55. The highest BCUT2D eigenvalue weighted by atomic mass is 35.5. The number of benzene rings is 1. The van der Waals surface area contributed by atoms with E-state index in [1.54, 1.807) is 6.07 Å². The van der Waals surface area contributed by atoms with Crippen LogP contribution >= 0.6 is 11.6 Å². The predicted molar refractivity (Wildman–Crippen MR) is 105 cm³/mol. The average Bonchev–Trinajstić information content (AvgIpc) is 2.62. The number of nitrogens with zero attached hydrogens (tertiary/aromatic N) is 4. The Morgan fingerprint density at radius 3 is 2.42 bits per heavy atom. The van der Waals surface area contributed by atoms with Gasteiger partial charge in [0, 0.05) is 42.9 Å². The highest BCUT2D eigenvalue weighted by Gasteiger charge is 2.19. The van der Waals surface area contributed by atoms with E-state index in [1.165, 1.54) is 0 Å². The van der Waals surface area contributed by atoms with Crippen molar-refractivity contribution < 1.29 is 4.79 Å². The van der Waals surface area contributed by atoms with Crippen molar-refractivity contribution in [2.75, 3.05) is 41.3 Å². The van der Waals surface area contributed by atoms with Gasteiger partial charge in [-0.3, -0.25) is 5.32 Å². The summed E-state index contributed by atoms with van der Waals surface area (Å²) in [7, 11) is 0. The average molecular weight is 375 g/mol. The van der Waals surface area contributed by atoms with Crippen LogP contribution in [0.5, 0.6) is 0 Å². The van der Waals surface area contributed by atoms with E-state index in [9.17, 15) is 4.79 Å². The molecule has 8 heteroatoms. The van der Waals surface area contributed by atoms with Gasteiger partial charge in [0.25, 0.3) is 0 Å². The standard InChI is InChI=1S/C18H23ClN6O/c1-13(2)20-18(26)21-16-6-7-17(23-22-16)25-10-8-24(9-11-25)15-5-3-4-14(19)12-15/h3-7,12-13H,8-11H2,1-2H3,(H2,20,21,22,26). The number of halogens is 1. The zero-order chi connectivity index (χ0) is 18.5. The molecule has 2 N–H and O–H groups in total. The smallest absolute Gasteiger partial charge is 0.320 e. The molecule has 1 aromatic heterocycles. The molecule has 1 aliphatic heterocycles. The number of piperazine rings is 1. The van der Waals surface area contributed by atoms with Crippen molar-refractivity contribution in [1.82, 2.24) is 15.5 Å². The number of amides is 2. The molecule has 0 aliphatic carbocycles. The number of urea groups is 1. The molecule has 2 heterocycles. The predicted octanol–water partition coefficient (Wildman–Crippen LogP) is 2.99. The molecule has 1 saturated heterocycles. The molecule has 0 atom stereocenters. The lowest BCUT2D eigenvalue weighted by molar-refractivity contribution is 0.250. The molecule has 1 aliphatic rings. The highest BCUT2D eigenvalue weighted by Crippen LogP contribution is 2.22. The van der Waals surface area contributed by atoms with Crippen molar-refractivity contribution in [2.24, 2.45) is 0 Å². The third kappa shape index (κ3) is 4.76. The summed E-state index contributed by atoms with van der Waals surface area (Å²) >= 11 is 6.08. The minimum absolute atomic E-state index is 0.0676. The summed E-state index contributed by atoms with van der Waals surface area (Å²) in [5, 5.41) is 14.5. The van der Waals surface area contributed by atoms with E-state index in [2.05, 4.69) is 36.7 Å². The molecular weight excluding hydrogens is 352 g/mol. The van der Waals surface area contributed by atoms with Gasteiger partial charge in [0.05, 0.1) is 0 Å². The van der Waals surface area contributed by atoms with E-state index >= 15 is 0 Å². The lowest BCUT2D eigenvalue weighted by atomic mass is 10.2. The molecule has 2 aromatic rings. The van der Waals surface area contributed by atoms with E-state index in [0.29, 0.717) is 5.82 Å². The summed E-state index contributed by atoms with van der Waals surface area (Å²) in [4.78, 5) is 16.2. The molecule has 0 radical (unpaired) electrons. The van der Waals surface area contributed by atoms with E-state index in [0.717, 1.165) is 42.7 Å². The Hall–Kier alpha value is -2.54. The molecule has 0 spiro atoms. The fourth-order valence-electron chi connectivity index (χ4n) is 2.84. The topological polar surface area (TPSA) is 73.4 Å². The first-order valence-electron chi connectivity index (χ1n) is 8.68. The molecule has 0 unspecified atom stereocenters. The van der Waals surface area contributed by atoms with Gasteiger partial charge in [-0.1, -0.05) is 17.7 Å². The molecule has 138 valence electrons. The molecule has 7 nitrogen and oxygen atoms in total. The number of hydrogen-bond donors (Lipinski definition) is 2. The summed E-state index contributed by atoms with van der Waals surface area (Å²) in [6.45, 7) is 7.27. The van der Waals surface area contributed by atoms with Gasteiger partial charge in [-0.15, -0.1) is 10.2 Å². The van der Waals surface area contributed by atoms with Crippen molar-refractivity contribution in [3.8, 4) is 0 Å². The van der Waals surface area contributed by atoms with Gasteiger partial charge in [0.1, 0.15) is 0 Å². The van der Waals surface area contributed by atoms with Gasteiger partial charge < -0.3 is 15.1 Å². The molecule has 1 fully saturated rings. The quantitative estimate of drug-likeness (QED) is 0.860. The number of anilines is 3. The number of nitrogens with one attached hydrogen (secondary N) is 2. The molecule has 26 heavy (non-hydrogen) atoms. The maximum Gasteiger partial charge on any atom is 0.320 e. The molecule has 0 saturated carbocycles. The minimum Gasteiger partial charge on any atom is -0.368 e. The van der Waals surface area contributed by atoms with E-state index < -0.39 is 0 Å². The first-order valence-corrected chi connectivity index (χ1v) is 9.06. The number of hydrogen-bond acceptors (Lipinski definition) is 5. The number of carbonyl (C=O) groups excluding carboxylic acids is 1. The van der Waals surface area contributed by atoms with Crippen molar-refractivity contribution >= 4 is 35.0 Å². The summed E-state index contributed by atoms with van der Waals surface area (Å²) in [6.07, 6.45) is 0.